The monoisotopic (exact) mass is 212 g/mol. The summed E-state index contributed by atoms with van der Waals surface area (Å²) < 4.78 is 4.99. The highest BCUT2D eigenvalue weighted by atomic mass is 16.5. The quantitative estimate of drug-likeness (QED) is 0.607. The van der Waals surface area contributed by atoms with Crippen molar-refractivity contribution in [2.75, 3.05) is 6.61 Å². The van der Waals surface area contributed by atoms with Gasteiger partial charge in [-0.1, -0.05) is 13.3 Å². The lowest BCUT2D eigenvalue weighted by Gasteiger charge is -2.03. The fourth-order valence-corrected chi connectivity index (χ4v) is 0.990. The van der Waals surface area contributed by atoms with Crippen LogP contribution in [0.4, 0.5) is 0 Å². The maximum Gasteiger partial charge on any atom is 0.338 e. The van der Waals surface area contributed by atoms with E-state index in [9.17, 15) is 4.79 Å². The maximum absolute atomic E-state index is 11.3. The lowest BCUT2D eigenvalue weighted by atomic mass is 10.2. The molecule has 1 rings (SSSR count). The number of carbonyl (C=O) groups is 1. The van der Waals surface area contributed by atoms with Gasteiger partial charge in [0, 0.05) is 0 Å². The molecule has 0 spiro atoms. The molecule has 1 aromatic rings. The second kappa shape index (κ2) is 6.84. The van der Waals surface area contributed by atoms with E-state index < -0.39 is 0 Å². The molecule has 4 heteroatoms. The Morgan fingerprint density at radius 3 is 2.47 bits per heavy atom. The van der Waals surface area contributed by atoms with Crippen molar-refractivity contribution in [3.05, 3.63) is 29.8 Å². The Morgan fingerprint density at radius 2 is 1.93 bits per heavy atom. The first kappa shape index (κ1) is 13.4. The van der Waals surface area contributed by atoms with Crippen molar-refractivity contribution in [3.8, 4) is 5.75 Å². The number of carbonyl (C=O) groups excluding carboxylic acids is 1. The van der Waals surface area contributed by atoms with Crippen LogP contribution in [0, 0.1) is 0 Å². The molecule has 15 heavy (non-hydrogen) atoms. The van der Waals surface area contributed by atoms with E-state index in [1.54, 1.807) is 12.1 Å². The molecule has 0 unspecified atom stereocenters. The van der Waals surface area contributed by atoms with Gasteiger partial charge in [0.2, 0.25) is 0 Å². The normalized spacial score (nSPS) is 9.13. The molecule has 0 aliphatic heterocycles. The molecule has 84 valence electrons. The van der Waals surface area contributed by atoms with E-state index in [0.717, 1.165) is 12.8 Å². The van der Waals surface area contributed by atoms with Gasteiger partial charge in [0.1, 0.15) is 5.75 Å². The Labute approximate surface area is 88.8 Å². The van der Waals surface area contributed by atoms with E-state index in [1.807, 2.05) is 6.92 Å². The molecule has 0 bridgehead atoms. The molecule has 0 amide bonds. The van der Waals surface area contributed by atoms with Crippen molar-refractivity contribution in [3.63, 3.8) is 0 Å². The van der Waals surface area contributed by atoms with Gasteiger partial charge in [0.25, 0.3) is 0 Å². The number of unbranched alkanes of at least 4 members (excludes halogenated alkanes) is 1. The van der Waals surface area contributed by atoms with Crippen LogP contribution in [-0.4, -0.2) is 23.2 Å². The molecule has 0 aromatic heterocycles. The molecule has 0 aliphatic rings. The number of hydrogen-bond donors (Lipinski definition) is 1. The number of phenolic OH excluding ortho intramolecular Hbond substituents is 1. The average Bonchev–Trinajstić information content (AvgIpc) is 2.19. The zero-order valence-corrected chi connectivity index (χ0v) is 8.69. The number of phenols is 1. The van der Waals surface area contributed by atoms with Crippen LogP contribution in [-0.2, 0) is 4.74 Å². The minimum atomic E-state index is -0.335. The summed E-state index contributed by atoms with van der Waals surface area (Å²) in [6.07, 6.45) is 1.88. The van der Waals surface area contributed by atoms with Gasteiger partial charge in [-0.05, 0) is 30.7 Å². The van der Waals surface area contributed by atoms with Gasteiger partial charge in [-0.25, -0.2) is 4.79 Å². The van der Waals surface area contributed by atoms with Crippen LogP contribution >= 0.6 is 0 Å². The molecule has 0 radical (unpaired) electrons. The summed E-state index contributed by atoms with van der Waals surface area (Å²) in [5.41, 5.74) is 0.471. The summed E-state index contributed by atoms with van der Waals surface area (Å²) in [6, 6.07) is 6.03. The van der Waals surface area contributed by atoms with Gasteiger partial charge < -0.3 is 15.3 Å². The van der Waals surface area contributed by atoms with Gasteiger partial charge in [-0.15, -0.1) is 0 Å². The minimum absolute atomic E-state index is 0. The second-order valence-electron chi connectivity index (χ2n) is 3.04. The first-order valence-corrected chi connectivity index (χ1v) is 4.70. The summed E-state index contributed by atoms with van der Waals surface area (Å²) in [6.45, 7) is 2.49. The zero-order chi connectivity index (χ0) is 10.4. The SMILES string of the molecule is CCCCOC(=O)c1ccc(O)cc1.O. The van der Waals surface area contributed by atoms with Crippen molar-refractivity contribution < 1.29 is 20.1 Å². The van der Waals surface area contributed by atoms with Gasteiger partial charge in [0.15, 0.2) is 0 Å². The largest absolute Gasteiger partial charge is 0.508 e. The standard InChI is InChI=1S/C11H14O3.H2O/c1-2-3-8-14-11(13)9-4-6-10(12)7-5-9;/h4-7,12H,2-3,8H2,1H3;1H2. The number of aromatic hydroxyl groups is 1. The molecule has 1 aromatic carbocycles. The van der Waals surface area contributed by atoms with E-state index in [4.69, 9.17) is 9.84 Å². The summed E-state index contributed by atoms with van der Waals surface area (Å²) in [5, 5.41) is 9.00. The van der Waals surface area contributed by atoms with Crippen molar-refractivity contribution in [1.82, 2.24) is 0 Å². The topological polar surface area (TPSA) is 78.0 Å². The smallest absolute Gasteiger partial charge is 0.338 e. The first-order chi connectivity index (χ1) is 6.74. The molecule has 0 saturated heterocycles. The number of ether oxygens (including phenoxy) is 1. The van der Waals surface area contributed by atoms with E-state index in [0.29, 0.717) is 12.2 Å². The highest BCUT2D eigenvalue weighted by Crippen LogP contribution is 2.10. The van der Waals surface area contributed by atoms with Crippen LogP contribution < -0.4 is 0 Å². The van der Waals surface area contributed by atoms with E-state index in [-0.39, 0.29) is 17.2 Å². The molecular formula is C11H16O4. The van der Waals surface area contributed by atoms with Gasteiger partial charge in [0.05, 0.1) is 12.2 Å². The third-order valence-corrected chi connectivity index (χ3v) is 1.83. The number of rotatable bonds is 4. The van der Waals surface area contributed by atoms with E-state index in [1.165, 1.54) is 12.1 Å². The Bertz CT molecular complexity index is 292. The average molecular weight is 212 g/mol. The summed E-state index contributed by atoms with van der Waals surface area (Å²) in [7, 11) is 0. The second-order valence-corrected chi connectivity index (χ2v) is 3.04. The molecule has 0 heterocycles. The zero-order valence-electron chi connectivity index (χ0n) is 8.69. The highest BCUT2D eigenvalue weighted by molar-refractivity contribution is 5.89. The molecule has 3 N–H and O–H groups in total. The molecule has 0 fully saturated rings. The van der Waals surface area contributed by atoms with Crippen molar-refractivity contribution in [2.24, 2.45) is 0 Å². The van der Waals surface area contributed by atoms with Crippen LogP contribution in [0.25, 0.3) is 0 Å². The van der Waals surface area contributed by atoms with Crippen molar-refractivity contribution in [2.45, 2.75) is 19.8 Å². The van der Waals surface area contributed by atoms with Gasteiger partial charge in [-0.3, -0.25) is 0 Å². The predicted molar refractivity (Wildman–Crippen MR) is 56.9 cm³/mol. The number of esters is 1. The summed E-state index contributed by atoms with van der Waals surface area (Å²) >= 11 is 0. The van der Waals surface area contributed by atoms with Crippen molar-refractivity contribution >= 4 is 5.97 Å². The minimum Gasteiger partial charge on any atom is -0.508 e. The summed E-state index contributed by atoms with van der Waals surface area (Å²) in [5.74, 6) is -0.187. The number of benzene rings is 1. The predicted octanol–water partition coefficient (Wildman–Crippen LogP) is 1.52. The van der Waals surface area contributed by atoms with Crippen LogP contribution in [0.15, 0.2) is 24.3 Å². The Balaban J connectivity index is 0.00000196. The van der Waals surface area contributed by atoms with Crippen LogP contribution in [0.1, 0.15) is 30.1 Å². The first-order valence-electron chi connectivity index (χ1n) is 4.70. The maximum atomic E-state index is 11.3. The molecular weight excluding hydrogens is 196 g/mol. The third-order valence-electron chi connectivity index (χ3n) is 1.83. The number of hydrogen-bond acceptors (Lipinski definition) is 3. The Morgan fingerprint density at radius 1 is 1.33 bits per heavy atom. The van der Waals surface area contributed by atoms with Gasteiger partial charge >= 0.3 is 5.97 Å². The summed E-state index contributed by atoms with van der Waals surface area (Å²) in [4.78, 5) is 11.3. The van der Waals surface area contributed by atoms with Crippen LogP contribution in [0.2, 0.25) is 0 Å². The van der Waals surface area contributed by atoms with E-state index >= 15 is 0 Å². The fourth-order valence-electron chi connectivity index (χ4n) is 0.990. The molecule has 0 aliphatic carbocycles. The molecule has 0 atom stereocenters. The van der Waals surface area contributed by atoms with Crippen LogP contribution in [0.5, 0.6) is 5.75 Å². The van der Waals surface area contributed by atoms with Gasteiger partial charge in [-0.2, -0.15) is 0 Å². The Kier molecular flexibility index (Phi) is 6.13. The fraction of sp³-hybridized carbons (Fsp3) is 0.364. The third kappa shape index (κ3) is 4.46. The lowest BCUT2D eigenvalue weighted by molar-refractivity contribution is 0.0500. The van der Waals surface area contributed by atoms with E-state index in [2.05, 4.69) is 0 Å². The molecule has 0 saturated carbocycles. The lowest BCUT2D eigenvalue weighted by Crippen LogP contribution is -2.05. The molecule has 4 nitrogen and oxygen atoms in total. The Hall–Kier alpha value is -1.55. The highest BCUT2D eigenvalue weighted by Gasteiger charge is 2.05. The van der Waals surface area contributed by atoms with Crippen LogP contribution in [0.3, 0.4) is 0 Å². The van der Waals surface area contributed by atoms with Crippen molar-refractivity contribution in [1.29, 1.82) is 0 Å².